The molecule has 0 saturated carbocycles. The predicted molar refractivity (Wildman–Crippen MR) is 142 cm³/mol. The van der Waals surface area contributed by atoms with Gasteiger partial charge in [0, 0.05) is 68.7 Å². The first-order valence-electron chi connectivity index (χ1n) is 12.2. The highest BCUT2D eigenvalue weighted by Crippen LogP contribution is 2.22. The van der Waals surface area contributed by atoms with E-state index in [1.165, 1.54) is 30.2 Å². The van der Waals surface area contributed by atoms with E-state index in [-0.39, 0.29) is 23.8 Å². The molecule has 0 unspecified atom stereocenters. The van der Waals surface area contributed by atoms with Gasteiger partial charge in [-0.25, -0.2) is 19.3 Å². The maximum atomic E-state index is 13.3. The van der Waals surface area contributed by atoms with Crippen LogP contribution >= 0.6 is 11.8 Å². The van der Waals surface area contributed by atoms with Crippen molar-refractivity contribution in [3.63, 3.8) is 0 Å². The van der Waals surface area contributed by atoms with Crippen molar-refractivity contribution < 1.29 is 9.18 Å². The van der Waals surface area contributed by atoms with Gasteiger partial charge in [0.15, 0.2) is 5.16 Å². The molecule has 9 nitrogen and oxygen atoms in total. The first-order chi connectivity index (χ1) is 18.5. The molecule has 0 atom stereocenters. The fourth-order valence-electron chi connectivity index (χ4n) is 4.21. The van der Waals surface area contributed by atoms with Crippen LogP contribution in [0.1, 0.15) is 16.7 Å². The lowest BCUT2D eigenvalue weighted by Crippen LogP contribution is -2.50. The van der Waals surface area contributed by atoms with Crippen LogP contribution in [-0.2, 0) is 23.5 Å². The summed E-state index contributed by atoms with van der Waals surface area (Å²) in [6, 6.07) is 12.0. The average molecular weight is 532 g/mol. The lowest BCUT2D eigenvalue weighted by Gasteiger charge is -2.35. The van der Waals surface area contributed by atoms with Crippen molar-refractivity contribution in [2.75, 3.05) is 31.1 Å². The van der Waals surface area contributed by atoms with E-state index in [0.29, 0.717) is 49.1 Å². The Bertz CT molecular complexity index is 1430. The van der Waals surface area contributed by atoms with Gasteiger partial charge in [0.05, 0.1) is 0 Å². The van der Waals surface area contributed by atoms with Crippen LogP contribution in [0.3, 0.4) is 0 Å². The average Bonchev–Trinajstić information content (AvgIpc) is 2.96. The molecule has 0 N–H and O–H groups in total. The molecule has 1 fully saturated rings. The number of aromatic nitrogens is 5. The summed E-state index contributed by atoms with van der Waals surface area (Å²) in [5.41, 5.74) is 1.77. The van der Waals surface area contributed by atoms with Crippen LogP contribution in [-0.4, -0.2) is 61.5 Å². The lowest BCUT2D eigenvalue weighted by atomic mass is 10.1. The molecule has 1 aliphatic rings. The Labute approximate surface area is 223 Å². The predicted octanol–water partition coefficient (Wildman–Crippen LogP) is 2.80. The number of piperazine rings is 1. The number of pyridine rings is 1. The quantitative estimate of drug-likeness (QED) is 0.253. The Balaban J connectivity index is 1.33. The van der Waals surface area contributed by atoms with E-state index in [0.717, 1.165) is 16.9 Å². The molecular formula is C27H26FN7O2S. The highest BCUT2D eigenvalue weighted by molar-refractivity contribution is 7.98. The molecule has 0 radical (unpaired) electrons. The minimum atomic E-state index is -0.358. The highest BCUT2D eigenvalue weighted by atomic mass is 32.2. The molecule has 1 saturated heterocycles. The molecule has 4 aromatic rings. The van der Waals surface area contributed by atoms with Crippen molar-refractivity contribution in [3.05, 3.63) is 106 Å². The van der Waals surface area contributed by atoms with E-state index in [2.05, 4.69) is 24.8 Å². The second kappa shape index (κ2) is 12.0. The molecule has 38 heavy (non-hydrogen) atoms. The summed E-state index contributed by atoms with van der Waals surface area (Å²) in [6.45, 7) is 2.60. The van der Waals surface area contributed by atoms with Gasteiger partial charge in [-0.2, -0.15) is 4.98 Å². The van der Waals surface area contributed by atoms with Crippen molar-refractivity contribution >= 4 is 23.5 Å². The number of amides is 1. The zero-order valence-corrected chi connectivity index (χ0v) is 21.4. The fourth-order valence-corrected chi connectivity index (χ4v) is 5.13. The zero-order chi connectivity index (χ0) is 26.3. The fraction of sp³-hybridized carbons (Fsp3) is 0.259. The van der Waals surface area contributed by atoms with Gasteiger partial charge >= 0.3 is 0 Å². The minimum Gasteiger partial charge on any atom is -0.353 e. The molecule has 3 aromatic heterocycles. The molecule has 1 aromatic carbocycles. The molecule has 4 heterocycles. The number of halogens is 1. The molecule has 1 amide bonds. The molecule has 5 rings (SSSR count). The molecule has 1 aliphatic heterocycles. The normalized spacial score (nSPS) is 13.5. The number of carbonyl (C=O) groups is 1. The van der Waals surface area contributed by atoms with E-state index < -0.39 is 0 Å². The maximum Gasteiger partial charge on any atom is 0.277 e. The summed E-state index contributed by atoms with van der Waals surface area (Å²) < 4.78 is 15.0. The van der Waals surface area contributed by atoms with E-state index in [9.17, 15) is 14.0 Å². The lowest BCUT2D eigenvalue weighted by molar-refractivity contribution is -0.132. The summed E-state index contributed by atoms with van der Waals surface area (Å²) in [4.78, 5) is 46.9. The number of nitrogens with zero attached hydrogens (tertiary/aromatic N) is 7. The molecular weight excluding hydrogens is 505 g/mol. The number of hydrogen-bond acceptors (Lipinski definition) is 8. The summed E-state index contributed by atoms with van der Waals surface area (Å²) >= 11 is 1.34. The summed E-state index contributed by atoms with van der Waals surface area (Å²) in [5.74, 6) is 1.03. The first-order valence-corrected chi connectivity index (χ1v) is 13.2. The Hall–Kier alpha value is -4.12. The Kier molecular flexibility index (Phi) is 8.03. The smallest absolute Gasteiger partial charge is 0.277 e. The third-order valence-corrected chi connectivity index (χ3v) is 7.29. The SMILES string of the molecule is O=C(Cn1cc(Cc2cncnc2)c(=O)nc1SCc1ccc(F)cc1)N1CCN(c2ccccn2)CC1. The third-order valence-electron chi connectivity index (χ3n) is 6.23. The van der Waals surface area contributed by atoms with Crippen molar-refractivity contribution in [1.82, 2.24) is 29.4 Å². The van der Waals surface area contributed by atoms with Gasteiger partial charge in [-0.05, 0) is 35.4 Å². The van der Waals surface area contributed by atoms with E-state index in [4.69, 9.17) is 0 Å². The maximum absolute atomic E-state index is 13.3. The minimum absolute atomic E-state index is 0.0475. The van der Waals surface area contributed by atoms with Gasteiger partial charge in [-0.3, -0.25) is 9.59 Å². The zero-order valence-electron chi connectivity index (χ0n) is 20.6. The largest absolute Gasteiger partial charge is 0.353 e. The van der Waals surface area contributed by atoms with E-state index >= 15 is 0 Å². The van der Waals surface area contributed by atoms with Gasteiger partial charge in [0.1, 0.15) is 24.5 Å². The van der Waals surface area contributed by atoms with Gasteiger partial charge in [0.25, 0.3) is 5.56 Å². The van der Waals surface area contributed by atoms with Crippen LogP contribution in [0.15, 0.2) is 83.5 Å². The van der Waals surface area contributed by atoms with Crippen LogP contribution < -0.4 is 10.5 Å². The Morgan fingerprint density at radius 2 is 1.74 bits per heavy atom. The number of hydrogen-bond donors (Lipinski definition) is 0. The molecule has 11 heteroatoms. The van der Waals surface area contributed by atoms with Crippen molar-refractivity contribution in [2.45, 2.75) is 23.9 Å². The van der Waals surface area contributed by atoms with Crippen molar-refractivity contribution in [3.8, 4) is 0 Å². The van der Waals surface area contributed by atoms with Crippen LogP contribution in [0.2, 0.25) is 0 Å². The monoisotopic (exact) mass is 531 g/mol. The molecule has 0 aliphatic carbocycles. The second-order valence-electron chi connectivity index (χ2n) is 8.88. The Morgan fingerprint density at radius 3 is 2.45 bits per heavy atom. The van der Waals surface area contributed by atoms with Crippen molar-refractivity contribution in [2.24, 2.45) is 0 Å². The van der Waals surface area contributed by atoms with Crippen LogP contribution in [0.5, 0.6) is 0 Å². The van der Waals surface area contributed by atoms with Crippen LogP contribution in [0, 0.1) is 5.82 Å². The number of thioether (sulfide) groups is 1. The summed E-state index contributed by atoms with van der Waals surface area (Å²) in [5, 5.41) is 0.438. The second-order valence-corrected chi connectivity index (χ2v) is 9.82. The van der Waals surface area contributed by atoms with Gasteiger partial charge in [-0.1, -0.05) is 30.0 Å². The highest BCUT2D eigenvalue weighted by Gasteiger charge is 2.23. The topological polar surface area (TPSA) is 97.1 Å². The molecule has 0 bridgehead atoms. The van der Waals surface area contributed by atoms with Gasteiger partial charge in [0.2, 0.25) is 5.91 Å². The van der Waals surface area contributed by atoms with Gasteiger partial charge in [-0.15, -0.1) is 0 Å². The first kappa shape index (κ1) is 25.5. The van der Waals surface area contributed by atoms with E-state index in [1.807, 2.05) is 23.1 Å². The van der Waals surface area contributed by atoms with Crippen LogP contribution in [0.4, 0.5) is 10.2 Å². The van der Waals surface area contributed by atoms with Gasteiger partial charge < -0.3 is 14.4 Å². The van der Waals surface area contributed by atoms with Crippen LogP contribution in [0.25, 0.3) is 0 Å². The number of rotatable bonds is 8. The summed E-state index contributed by atoms with van der Waals surface area (Å²) in [6.07, 6.45) is 8.52. The molecule has 194 valence electrons. The molecule has 0 spiro atoms. The number of benzene rings is 1. The standard InChI is InChI=1S/C27H26FN7O2S/c28-23-6-4-20(5-7-23)18-38-27-32-26(37)22(13-21-14-29-19-30-15-21)16-35(27)17-25(36)34-11-9-33(10-12-34)24-3-1-2-8-31-24/h1-8,14-16,19H,9-13,17-18H2. The number of carbonyl (C=O) groups excluding carboxylic acids is 1. The number of anilines is 1. The van der Waals surface area contributed by atoms with E-state index in [1.54, 1.807) is 41.5 Å². The third kappa shape index (κ3) is 6.41. The van der Waals surface area contributed by atoms with Crippen molar-refractivity contribution in [1.29, 1.82) is 0 Å². The Morgan fingerprint density at radius 1 is 0.974 bits per heavy atom. The summed E-state index contributed by atoms with van der Waals surface area (Å²) in [7, 11) is 0.